The minimum Gasteiger partial charge on any atom is -0.481 e. The summed E-state index contributed by atoms with van der Waals surface area (Å²) in [5.74, 6) is -16.4. The average Bonchev–Trinajstić information content (AvgIpc) is 1.69. The molecule has 39 heteroatoms. The number of guanidine groups is 1. The molecule has 2 aromatic heterocycles. The van der Waals surface area contributed by atoms with Crippen LogP contribution in [0.5, 0.6) is 0 Å². The number of carbonyl (C=O) groups is 15. The lowest BCUT2D eigenvalue weighted by Crippen LogP contribution is -2.61. The highest BCUT2D eigenvalue weighted by Crippen LogP contribution is 2.29. The number of nitrogens with zero attached hydrogens (tertiary/aromatic N) is 3. The Bertz CT molecular complexity index is 4220. The van der Waals surface area contributed by atoms with Gasteiger partial charge in [-0.2, -0.15) is 0 Å². The van der Waals surface area contributed by atoms with Crippen LogP contribution in [0.15, 0.2) is 85.5 Å². The van der Waals surface area contributed by atoms with Crippen LogP contribution in [0.3, 0.4) is 0 Å². The molecule has 5 aromatic rings. The molecule has 0 spiro atoms. The zero-order chi connectivity index (χ0) is 80.4. The zero-order valence-electron chi connectivity index (χ0n) is 61.1. The molecule has 12 amide bonds. The van der Waals surface area contributed by atoms with E-state index in [0.29, 0.717) is 34.9 Å². The molecule has 0 radical (unpaired) electrons. The third-order valence-electron chi connectivity index (χ3n) is 19.0. The van der Waals surface area contributed by atoms with Crippen molar-refractivity contribution >= 4 is 138 Å². The maximum absolute atomic E-state index is 15.3. The molecule has 37 nitrogen and oxygen atoms in total. The number of hydrogen-bond acceptors (Lipinski definition) is 20. The van der Waals surface area contributed by atoms with Crippen molar-refractivity contribution in [1.29, 1.82) is 5.41 Å². The Balaban J connectivity index is 1.14. The lowest BCUT2D eigenvalue weighted by atomic mass is 9.99. The van der Waals surface area contributed by atoms with Crippen LogP contribution >= 0.6 is 21.6 Å². The van der Waals surface area contributed by atoms with Crippen LogP contribution in [-0.4, -0.2) is 245 Å². The van der Waals surface area contributed by atoms with Gasteiger partial charge in [0.05, 0.1) is 18.4 Å². The Morgan fingerprint density at radius 2 is 1.25 bits per heavy atom. The third kappa shape index (κ3) is 25.1. The standard InChI is InChI=1S/C72H95N19O18S2/c1-38-60(97)89-55(69(106)91-27-11-19-57(91)70(107)90-26-10-18-56(90)68(105)84-47(16-7-8-24-73)62(99)88-53(71(108)109)32-59(95)96)36-111-110-35-54(81-39(2)92)67(104)83-49(22-23-58(93)94)63(100)87-52(31-44-34-76-37-79-44)66(103)85-50(29-40-20-21-41-12-3-4-13-42(41)28-40)65(102)82-48(17-9-25-77-72(74)75)61(98)86-51(64(101)80-38)30-43-33-78-46-15-6-5-14-45(43)46/h3-6,12-15,20-21,28,33-34,37-38,47-57,78H,7-11,16-19,22-27,29-32,35-36,73H2,1-2H3,(H,76,79)(H,80,101)(H,81,92)(H,82,102)(H,83,104)(H,84,105)(H,85,103)(H,86,98)(H,87,100)(H,88,99)(H,89,97)(H,93,94)(H,95,96)(H,108,109)(H4,74,75,77)/t38-,47-,48-,49-,50+,51-,52-,53-,54-,55-,56-,57-/m0/s1. The summed E-state index contributed by atoms with van der Waals surface area (Å²) < 4.78 is 0. The van der Waals surface area contributed by atoms with Gasteiger partial charge in [0.2, 0.25) is 70.9 Å². The first-order chi connectivity index (χ1) is 53.1. The number of likely N-dealkylation sites (tertiary alicyclic amines) is 2. The molecule has 12 atom stereocenters. The number of fused-ring (bicyclic) bond motifs is 2. The molecular weight excluding hydrogens is 1480 g/mol. The summed E-state index contributed by atoms with van der Waals surface area (Å²) in [4.78, 5) is 224. The van der Waals surface area contributed by atoms with Gasteiger partial charge >= 0.3 is 17.9 Å². The van der Waals surface area contributed by atoms with Gasteiger partial charge in [-0.3, -0.25) is 72.5 Å². The van der Waals surface area contributed by atoms with Crippen LogP contribution in [0.4, 0.5) is 0 Å². The van der Waals surface area contributed by atoms with Gasteiger partial charge in [-0.1, -0.05) is 82.3 Å². The number of nitrogens with two attached hydrogens (primary N) is 2. The number of H-pyrrole nitrogens is 2. The molecule has 3 saturated heterocycles. The third-order valence-corrected chi connectivity index (χ3v) is 21.4. The molecule has 0 unspecified atom stereocenters. The molecule has 3 aliphatic heterocycles. The fourth-order valence-corrected chi connectivity index (χ4v) is 15.5. The fourth-order valence-electron chi connectivity index (χ4n) is 13.2. The van der Waals surface area contributed by atoms with Gasteiger partial charge in [-0.15, -0.1) is 0 Å². The Labute approximate surface area is 645 Å². The molecule has 21 N–H and O–H groups in total. The predicted octanol–water partition coefficient (Wildman–Crippen LogP) is -1.85. The molecule has 598 valence electrons. The molecule has 0 aliphatic carbocycles. The fraction of sp³-hybridized carbons (Fsp3) is 0.486. The van der Waals surface area contributed by atoms with Crippen molar-refractivity contribution in [1.82, 2.24) is 83.2 Å². The number of carboxylic acids is 3. The smallest absolute Gasteiger partial charge is 0.326 e. The number of benzene rings is 3. The van der Waals surface area contributed by atoms with E-state index in [1.54, 1.807) is 54.7 Å². The van der Waals surface area contributed by atoms with Gasteiger partial charge in [0.25, 0.3) is 0 Å². The number of aromatic amines is 2. The quantitative estimate of drug-likeness (QED) is 0.0119. The summed E-state index contributed by atoms with van der Waals surface area (Å²) >= 11 is 0. The second-order valence-corrected chi connectivity index (χ2v) is 29.8. The van der Waals surface area contributed by atoms with Crippen molar-refractivity contribution in [2.75, 3.05) is 37.7 Å². The highest BCUT2D eigenvalue weighted by molar-refractivity contribution is 8.76. The van der Waals surface area contributed by atoms with Crippen molar-refractivity contribution in [3.8, 4) is 0 Å². The summed E-state index contributed by atoms with van der Waals surface area (Å²) in [6.45, 7) is 2.60. The van der Waals surface area contributed by atoms with Crippen LogP contribution in [0.25, 0.3) is 21.7 Å². The minimum atomic E-state index is -1.85. The lowest BCUT2D eigenvalue weighted by molar-refractivity contribution is -0.148. The maximum atomic E-state index is 15.3. The molecule has 3 aromatic carbocycles. The van der Waals surface area contributed by atoms with Crippen LogP contribution in [0.2, 0.25) is 0 Å². The molecule has 5 heterocycles. The number of hydrogen-bond donors (Lipinski definition) is 19. The van der Waals surface area contributed by atoms with Crippen LogP contribution in [0.1, 0.15) is 108 Å². The number of aromatic nitrogens is 3. The van der Waals surface area contributed by atoms with Gasteiger partial charge < -0.3 is 105 Å². The first kappa shape index (κ1) is 85.3. The Kier molecular flexibility index (Phi) is 31.8. The average molecular weight is 1580 g/mol. The number of para-hydroxylation sites is 1. The second-order valence-electron chi connectivity index (χ2n) is 27.3. The molecule has 0 bridgehead atoms. The number of amides is 12. The molecule has 0 saturated carbocycles. The van der Waals surface area contributed by atoms with E-state index >= 15 is 24.0 Å². The van der Waals surface area contributed by atoms with Gasteiger partial charge in [0.1, 0.15) is 72.5 Å². The predicted molar refractivity (Wildman–Crippen MR) is 406 cm³/mol. The number of unbranched alkanes of at least 4 members (excludes halogenated alkanes) is 1. The summed E-state index contributed by atoms with van der Waals surface area (Å²) in [7, 11) is 1.82. The minimum absolute atomic E-state index is 0.0157. The molecule has 3 fully saturated rings. The number of carboxylic acid groups (broad SMARTS) is 3. The number of aliphatic carboxylic acids is 3. The van der Waals surface area contributed by atoms with Crippen molar-refractivity contribution in [3.05, 3.63) is 102 Å². The summed E-state index contributed by atoms with van der Waals surface area (Å²) in [6.07, 6.45) is 2.54. The maximum Gasteiger partial charge on any atom is 0.326 e. The van der Waals surface area contributed by atoms with E-state index in [0.717, 1.165) is 39.3 Å². The Morgan fingerprint density at radius 1 is 0.640 bits per heavy atom. The second kappa shape index (κ2) is 41.4. The zero-order valence-corrected chi connectivity index (χ0v) is 62.8. The van der Waals surface area contributed by atoms with Crippen molar-refractivity contribution in [2.24, 2.45) is 11.5 Å². The van der Waals surface area contributed by atoms with Crippen LogP contribution in [0, 0.1) is 5.41 Å². The van der Waals surface area contributed by atoms with Crippen LogP contribution < -0.4 is 70.0 Å². The van der Waals surface area contributed by atoms with E-state index in [-0.39, 0.29) is 108 Å². The SMILES string of the molecule is CC(=O)N[C@H]1CSSC[C@@H](C(=O)N2CCC[C@H]2C(=O)N2CCC[C@H]2C(=O)N[C@@H](CCCCN)C(=O)N[C@@H](CC(=O)O)C(=O)O)NC(=O)[C@H](C)NC(=O)[C@H](Cc2c[nH]c3ccccc23)NC(=O)[C@H](CCCNC(=N)N)NC(=O)[C@@H](Cc2ccc3ccccc3c2)NC(=O)[C@H](Cc2c[nH]cn2)NC(=O)[C@H](CCC(=O)O)NC1=O. The van der Waals surface area contributed by atoms with Gasteiger partial charge in [0.15, 0.2) is 5.96 Å². The Hall–Kier alpha value is -11.4. The number of nitrogens with one attached hydrogen (secondary N) is 14. The molecule has 111 heavy (non-hydrogen) atoms. The highest BCUT2D eigenvalue weighted by atomic mass is 33.1. The normalized spacial score (nSPS) is 22.7. The lowest BCUT2D eigenvalue weighted by Gasteiger charge is -2.33. The van der Waals surface area contributed by atoms with E-state index in [1.165, 1.54) is 29.2 Å². The number of carbonyl (C=O) groups excluding carboxylic acids is 12. The first-order valence-corrected chi connectivity index (χ1v) is 38.9. The van der Waals surface area contributed by atoms with Gasteiger partial charge in [-0.05, 0) is 106 Å². The van der Waals surface area contributed by atoms with Crippen molar-refractivity contribution in [2.45, 2.75) is 183 Å². The molecule has 3 aliphatic rings. The van der Waals surface area contributed by atoms with E-state index in [2.05, 4.69) is 73.4 Å². The van der Waals surface area contributed by atoms with E-state index < -0.39 is 187 Å². The molecular formula is C72H95N19O18S2. The number of imidazole rings is 1. The van der Waals surface area contributed by atoms with Gasteiger partial charge in [0, 0.05) is 87.0 Å². The van der Waals surface area contributed by atoms with Gasteiger partial charge in [-0.25, -0.2) is 9.78 Å². The largest absolute Gasteiger partial charge is 0.481 e. The highest BCUT2D eigenvalue weighted by Gasteiger charge is 2.45. The summed E-state index contributed by atoms with van der Waals surface area (Å²) in [5, 5.41) is 67.8. The van der Waals surface area contributed by atoms with E-state index in [1.807, 2.05) is 18.2 Å². The Morgan fingerprint density at radius 3 is 1.91 bits per heavy atom. The summed E-state index contributed by atoms with van der Waals surface area (Å²) in [6, 6.07) is 1.48. The topological polar surface area (TPSA) is 576 Å². The monoisotopic (exact) mass is 1580 g/mol. The number of rotatable bonds is 27. The van der Waals surface area contributed by atoms with Crippen LogP contribution in [-0.2, 0) is 91.2 Å². The molecule has 8 rings (SSSR count). The summed E-state index contributed by atoms with van der Waals surface area (Å²) in [5.41, 5.74) is 13.3. The van der Waals surface area contributed by atoms with Crippen molar-refractivity contribution < 1.29 is 87.2 Å². The van der Waals surface area contributed by atoms with E-state index in [4.69, 9.17) is 16.9 Å². The van der Waals surface area contributed by atoms with Crippen molar-refractivity contribution in [3.63, 3.8) is 0 Å². The van der Waals surface area contributed by atoms with E-state index in [9.17, 15) is 63.3 Å². The first-order valence-electron chi connectivity index (χ1n) is 36.4.